The van der Waals surface area contributed by atoms with Crippen molar-refractivity contribution in [2.45, 2.75) is 44.9 Å². The summed E-state index contributed by atoms with van der Waals surface area (Å²) in [6.45, 7) is 1.82. The number of anilines is 1. The Labute approximate surface area is 170 Å². The second kappa shape index (κ2) is 7.73. The monoisotopic (exact) mass is 425 g/mol. The van der Waals surface area contributed by atoms with Gasteiger partial charge >= 0.3 is 6.18 Å². The van der Waals surface area contributed by atoms with Crippen LogP contribution in [0.2, 0.25) is 0 Å². The van der Waals surface area contributed by atoms with Crippen LogP contribution in [0.25, 0.3) is 11.2 Å². The molecule has 0 unspecified atom stereocenters. The molecular formula is C18H22F3N7O2. The summed E-state index contributed by atoms with van der Waals surface area (Å²) in [5.41, 5.74) is 0.666. The quantitative estimate of drug-likeness (QED) is 0.728. The number of rotatable bonds is 6. The summed E-state index contributed by atoms with van der Waals surface area (Å²) in [6, 6.07) is -0.0277. The smallest absolute Gasteiger partial charge is 0.364 e. The number of amides is 2. The molecule has 2 aliphatic rings. The average molecular weight is 425 g/mol. The summed E-state index contributed by atoms with van der Waals surface area (Å²) in [5, 5.41) is 5.10. The molecule has 2 amide bonds. The molecule has 1 aliphatic heterocycles. The normalized spacial score (nSPS) is 19.3. The molecule has 2 fully saturated rings. The van der Waals surface area contributed by atoms with Crippen LogP contribution in [0.1, 0.15) is 36.8 Å². The first kappa shape index (κ1) is 20.4. The highest BCUT2D eigenvalue weighted by Gasteiger charge is 2.37. The molecule has 162 valence electrons. The zero-order valence-corrected chi connectivity index (χ0v) is 16.4. The predicted molar refractivity (Wildman–Crippen MR) is 101 cm³/mol. The largest absolute Gasteiger partial charge is 0.405 e. The minimum Gasteiger partial charge on any atom is -0.364 e. The van der Waals surface area contributed by atoms with E-state index in [2.05, 4.69) is 20.3 Å². The Hall–Kier alpha value is -2.92. The van der Waals surface area contributed by atoms with Crippen molar-refractivity contribution >= 4 is 28.8 Å². The van der Waals surface area contributed by atoms with Gasteiger partial charge in [-0.25, -0.2) is 15.0 Å². The van der Waals surface area contributed by atoms with Crippen LogP contribution in [0.3, 0.4) is 0 Å². The Balaban J connectivity index is 1.54. The number of carbonyl (C=O) groups is 2. The minimum atomic E-state index is -4.52. The summed E-state index contributed by atoms with van der Waals surface area (Å²) < 4.78 is 38.8. The van der Waals surface area contributed by atoms with Crippen LogP contribution >= 0.6 is 0 Å². The van der Waals surface area contributed by atoms with Crippen LogP contribution < -0.4 is 10.6 Å². The van der Waals surface area contributed by atoms with Crippen molar-refractivity contribution in [2.24, 2.45) is 5.92 Å². The number of carbonyl (C=O) groups excluding carboxylic acids is 2. The number of nitrogens with one attached hydrogen (secondary N) is 2. The number of aromatic nitrogens is 4. The van der Waals surface area contributed by atoms with E-state index in [0.717, 1.165) is 19.3 Å². The first-order valence-corrected chi connectivity index (χ1v) is 9.88. The van der Waals surface area contributed by atoms with Gasteiger partial charge < -0.3 is 20.1 Å². The first-order valence-electron chi connectivity index (χ1n) is 9.88. The summed E-state index contributed by atoms with van der Waals surface area (Å²) >= 11 is 0. The van der Waals surface area contributed by atoms with E-state index in [1.807, 2.05) is 10.2 Å². The van der Waals surface area contributed by atoms with Gasteiger partial charge in [0.05, 0.1) is 0 Å². The Bertz CT molecular complexity index is 971. The van der Waals surface area contributed by atoms with E-state index in [-0.39, 0.29) is 23.7 Å². The molecule has 9 nitrogen and oxygen atoms in total. The molecular weight excluding hydrogens is 403 g/mol. The summed E-state index contributed by atoms with van der Waals surface area (Å²) in [6.07, 6.45) is -0.548. The van der Waals surface area contributed by atoms with Gasteiger partial charge in [0.25, 0.3) is 5.91 Å². The highest BCUT2D eigenvalue weighted by molar-refractivity contribution is 5.96. The molecule has 12 heteroatoms. The maximum atomic E-state index is 12.4. The zero-order valence-electron chi connectivity index (χ0n) is 16.4. The molecule has 0 spiro atoms. The van der Waals surface area contributed by atoms with Crippen molar-refractivity contribution in [1.82, 2.24) is 29.7 Å². The van der Waals surface area contributed by atoms with Crippen LogP contribution in [0.15, 0.2) is 6.33 Å². The average Bonchev–Trinajstić information content (AvgIpc) is 3.32. The first-order chi connectivity index (χ1) is 14.3. The third-order valence-corrected chi connectivity index (χ3v) is 5.27. The highest BCUT2D eigenvalue weighted by Crippen LogP contribution is 2.32. The van der Waals surface area contributed by atoms with Gasteiger partial charge in [-0.3, -0.25) is 9.59 Å². The third kappa shape index (κ3) is 4.17. The maximum absolute atomic E-state index is 12.4. The second-order valence-corrected chi connectivity index (χ2v) is 7.56. The number of alkyl halides is 3. The van der Waals surface area contributed by atoms with Crippen LogP contribution in [0.5, 0.6) is 0 Å². The fraction of sp³-hybridized carbons (Fsp3) is 0.611. The predicted octanol–water partition coefficient (Wildman–Crippen LogP) is 1.56. The molecule has 1 atom stereocenters. The molecule has 0 aromatic carbocycles. The van der Waals surface area contributed by atoms with E-state index in [1.54, 1.807) is 6.92 Å². The Morgan fingerprint density at radius 3 is 2.67 bits per heavy atom. The fourth-order valence-electron chi connectivity index (χ4n) is 3.63. The molecule has 2 N–H and O–H groups in total. The molecule has 0 radical (unpaired) electrons. The van der Waals surface area contributed by atoms with Gasteiger partial charge in [0.15, 0.2) is 17.0 Å². The lowest BCUT2D eigenvalue weighted by atomic mass is 10.2. The summed E-state index contributed by atoms with van der Waals surface area (Å²) in [7, 11) is 0. The zero-order chi connectivity index (χ0) is 21.5. The lowest BCUT2D eigenvalue weighted by Gasteiger charge is -2.17. The Kier molecular flexibility index (Phi) is 5.24. The number of aryl methyl sites for hydroxylation is 1. The number of imidazole rings is 1. The number of likely N-dealkylation sites (tertiary alicyclic amines) is 1. The minimum absolute atomic E-state index is 0.0277. The molecule has 1 saturated heterocycles. The molecule has 30 heavy (non-hydrogen) atoms. The lowest BCUT2D eigenvalue weighted by molar-refractivity contribution is -0.131. The van der Waals surface area contributed by atoms with E-state index < -0.39 is 18.6 Å². The van der Waals surface area contributed by atoms with Gasteiger partial charge in [0.2, 0.25) is 11.7 Å². The van der Waals surface area contributed by atoms with Crippen molar-refractivity contribution < 1.29 is 22.8 Å². The van der Waals surface area contributed by atoms with Crippen molar-refractivity contribution in [2.75, 3.05) is 25.0 Å². The highest BCUT2D eigenvalue weighted by atomic mass is 19.4. The van der Waals surface area contributed by atoms with Crippen molar-refractivity contribution in [3.8, 4) is 0 Å². The molecule has 2 aromatic rings. The van der Waals surface area contributed by atoms with E-state index in [9.17, 15) is 22.8 Å². The molecule has 1 saturated carbocycles. The number of fused-ring (bicyclic) bond motifs is 1. The molecule has 3 heterocycles. The standard InChI is InChI=1S/C18H22F3N7O2/c1-2-28-14-12(26-15(28)16(29)22-8-18(19,20)21)13(23-9-24-14)25-11-5-6-27(7-11)17(30)10-3-4-10/h9-11H,2-8H2,1H3,(H,22,29)(H,23,24,25)/t11-/m0/s1. The van der Waals surface area contributed by atoms with Gasteiger partial charge in [0.1, 0.15) is 12.9 Å². The maximum Gasteiger partial charge on any atom is 0.405 e. The fourth-order valence-corrected chi connectivity index (χ4v) is 3.63. The van der Waals surface area contributed by atoms with E-state index in [1.165, 1.54) is 10.9 Å². The van der Waals surface area contributed by atoms with E-state index in [4.69, 9.17) is 0 Å². The van der Waals surface area contributed by atoms with Crippen LogP contribution in [-0.2, 0) is 11.3 Å². The second-order valence-electron chi connectivity index (χ2n) is 7.56. The van der Waals surface area contributed by atoms with Crippen molar-refractivity contribution in [3.05, 3.63) is 12.2 Å². The van der Waals surface area contributed by atoms with E-state index in [0.29, 0.717) is 36.6 Å². The number of nitrogens with zero attached hydrogens (tertiary/aromatic N) is 5. The SMILES string of the molecule is CCn1c(C(=O)NCC(F)(F)F)nc2c(N[C@H]3CCN(C(=O)C4CC4)C3)ncnc21. The summed E-state index contributed by atoms with van der Waals surface area (Å²) in [4.78, 5) is 39.0. The molecule has 0 bridgehead atoms. The number of hydrogen-bond donors (Lipinski definition) is 2. The van der Waals surface area contributed by atoms with Crippen molar-refractivity contribution in [3.63, 3.8) is 0 Å². The Morgan fingerprint density at radius 2 is 2.00 bits per heavy atom. The topological polar surface area (TPSA) is 105 Å². The number of halogens is 3. The van der Waals surface area contributed by atoms with Crippen LogP contribution in [0.4, 0.5) is 19.0 Å². The van der Waals surface area contributed by atoms with Gasteiger partial charge in [-0.15, -0.1) is 0 Å². The molecule has 1 aliphatic carbocycles. The van der Waals surface area contributed by atoms with Crippen LogP contribution in [0, 0.1) is 5.92 Å². The molecule has 4 rings (SSSR count). The van der Waals surface area contributed by atoms with Gasteiger partial charge in [-0.1, -0.05) is 0 Å². The summed E-state index contributed by atoms with van der Waals surface area (Å²) in [5.74, 6) is -0.348. The third-order valence-electron chi connectivity index (χ3n) is 5.27. The molecule has 2 aromatic heterocycles. The van der Waals surface area contributed by atoms with Crippen molar-refractivity contribution in [1.29, 1.82) is 0 Å². The van der Waals surface area contributed by atoms with Crippen LogP contribution in [-0.4, -0.2) is 68.1 Å². The van der Waals surface area contributed by atoms with E-state index >= 15 is 0 Å². The van der Waals surface area contributed by atoms with Gasteiger partial charge in [0, 0.05) is 31.6 Å². The van der Waals surface area contributed by atoms with Gasteiger partial charge in [-0.05, 0) is 26.2 Å². The lowest BCUT2D eigenvalue weighted by Crippen LogP contribution is -2.35. The van der Waals surface area contributed by atoms with Gasteiger partial charge in [-0.2, -0.15) is 13.2 Å². The Morgan fingerprint density at radius 1 is 1.23 bits per heavy atom. The number of hydrogen-bond acceptors (Lipinski definition) is 6.